The number of alkyl halides is 3. The fraction of sp³-hybridized carbons (Fsp3) is 0.269. The third-order valence-corrected chi connectivity index (χ3v) is 6.58. The van der Waals surface area contributed by atoms with E-state index in [1.165, 1.54) is 12.1 Å². The van der Waals surface area contributed by atoms with Crippen molar-refractivity contribution in [3.8, 4) is 0 Å². The zero-order valence-electron chi connectivity index (χ0n) is 20.5. The summed E-state index contributed by atoms with van der Waals surface area (Å²) in [5.41, 5.74) is 0.879. The fourth-order valence-corrected chi connectivity index (χ4v) is 4.55. The maximum Gasteiger partial charge on any atom is 0.416 e. The largest absolute Gasteiger partial charge is 0.416 e. The number of pyridine rings is 1. The minimum atomic E-state index is -4.65. The Balaban J connectivity index is 1.33. The molecule has 0 spiro atoms. The van der Waals surface area contributed by atoms with Crippen molar-refractivity contribution in [1.29, 1.82) is 0 Å². The van der Waals surface area contributed by atoms with Gasteiger partial charge in [0.2, 0.25) is 5.95 Å². The summed E-state index contributed by atoms with van der Waals surface area (Å²) < 4.78 is 59.3. The number of nitrogens with one attached hydrogen (secondary N) is 2. The van der Waals surface area contributed by atoms with E-state index in [1.54, 1.807) is 13.1 Å². The first kappa shape index (κ1) is 24.9. The third-order valence-electron chi connectivity index (χ3n) is 6.58. The van der Waals surface area contributed by atoms with Crippen LogP contribution in [0.25, 0.3) is 11.6 Å². The molecule has 200 valence electrons. The van der Waals surface area contributed by atoms with Crippen LogP contribution in [0.15, 0.2) is 41.7 Å². The van der Waals surface area contributed by atoms with Gasteiger partial charge in [0.25, 0.3) is 5.91 Å². The molecule has 1 amide bonds. The van der Waals surface area contributed by atoms with Crippen LogP contribution < -0.4 is 15.5 Å². The third kappa shape index (κ3) is 4.69. The van der Waals surface area contributed by atoms with Crippen LogP contribution in [-0.4, -0.2) is 59.0 Å². The molecule has 6 rings (SSSR count). The molecule has 1 saturated heterocycles. The Kier molecular flexibility index (Phi) is 6.02. The molecule has 1 aromatic carbocycles. The highest BCUT2D eigenvalue weighted by Gasteiger charge is 2.33. The maximum atomic E-state index is 14.9. The normalized spacial score (nSPS) is 16.6. The van der Waals surface area contributed by atoms with Crippen molar-refractivity contribution >= 4 is 40.8 Å². The summed E-state index contributed by atoms with van der Waals surface area (Å²) in [6.07, 6.45) is -0.217. The van der Waals surface area contributed by atoms with Crippen molar-refractivity contribution in [3.63, 3.8) is 0 Å². The van der Waals surface area contributed by atoms with E-state index in [0.717, 1.165) is 17.8 Å². The Morgan fingerprint density at radius 1 is 1.18 bits per heavy atom. The van der Waals surface area contributed by atoms with Gasteiger partial charge >= 0.3 is 6.18 Å². The number of nitrogens with zero attached hydrogens (tertiary/aromatic N) is 5. The van der Waals surface area contributed by atoms with Gasteiger partial charge in [-0.25, -0.2) is 9.37 Å². The number of halogens is 4. The number of aromatic nitrogens is 3. The highest BCUT2D eigenvalue weighted by molar-refractivity contribution is 6.36. The molecule has 0 saturated carbocycles. The van der Waals surface area contributed by atoms with Gasteiger partial charge in [0.05, 0.1) is 37.1 Å². The summed E-state index contributed by atoms with van der Waals surface area (Å²) in [7, 11) is 0. The lowest BCUT2D eigenvalue weighted by atomic mass is 9.94. The van der Waals surface area contributed by atoms with Crippen LogP contribution in [0.1, 0.15) is 32.7 Å². The highest BCUT2D eigenvalue weighted by Crippen LogP contribution is 2.38. The Morgan fingerprint density at radius 2 is 2.00 bits per heavy atom. The summed E-state index contributed by atoms with van der Waals surface area (Å²) in [6, 6.07) is 4.23. The van der Waals surface area contributed by atoms with Gasteiger partial charge in [0.15, 0.2) is 0 Å². The standard InChI is InChI=1S/C26H21F4N7O2/c1-13-6-19(27)20(35-24(38)21-8-15(2-3-31-21)26(28,29)30)9-17(13)18-7-14-10-33-25(34-16-11-39-12-16)36-22(14)37-5-4-32-23(18)37/h2-3,6-10,16H,4-5,11-12H2,1H3,(H,35,38)(H,33,34,36). The van der Waals surface area contributed by atoms with Crippen LogP contribution in [-0.2, 0) is 10.9 Å². The van der Waals surface area contributed by atoms with E-state index in [4.69, 9.17) is 4.74 Å². The van der Waals surface area contributed by atoms with Gasteiger partial charge in [-0.15, -0.1) is 0 Å². The number of hydrogen-bond acceptors (Lipinski definition) is 8. The number of ether oxygens (including phenoxy) is 1. The summed E-state index contributed by atoms with van der Waals surface area (Å²) >= 11 is 0. The minimum absolute atomic E-state index is 0.158. The molecule has 2 aromatic heterocycles. The molecule has 5 heterocycles. The molecule has 39 heavy (non-hydrogen) atoms. The number of carbonyl (C=O) groups is 1. The number of carbonyl (C=O) groups excluding carboxylic acids is 1. The number of benzene rings is 1. The Labute approximate surface area is 219 Å². The van der Waals surface area contributed by atoms with Gasteiger partial charge in [0.1, 0.15) is 23.2 Å². The predicted octanol–water partition coefficient (Wildman–Crippen LogP) is 4.17. The lowest BCUT2D eigenvalue weighted by Crippen LogP contribution is -2.41. The average Bonchev–Trinajstić information content (AvgIpc) is 3.37. The summed E-state index contributed by atoms with van der Waals surface area (Å²) in [6.45, 7) is 4.02. The molecule has 3 aliphatic heterocycles. The number of fused-ring (bicyclic) bond motifs is 3. The van der Waals surface area contributed by atoms with Crippen LogP contribution in [0.3, 0.4) is 0 Å². The topological polar surface area (TPSA) is 105 Å². The number of aliphatic imine (C=N–C) groups is 1. The molecule has 2 N–H and O–H groups in total. The van der Waals surface area contributed by atoms with Crippen molar-refractivity contribution in [3.05, 3.63) is 70.4 Å². The van der Waals surface area contributed by atoms with Crippen molar-refractivity contribution in [2.45, 2.75) is 19.1 Å². The highest BCUT2D eigenvalue weighted by atomic mass is 19.4. The molecule has 0 bridgehead atoms. The van der Waals surface area contributed by atoms with Gasteiger partial charge < -0.3 is 20.3 Å². The van der Waals surface area contributed by atoms with Crippen molar-refractivity contribution < 1.29 is 27.1 Å². The van der Waals surface area contributed by atoms with E-state index < -0.39 is 29.2 Å². The number of rotatable bonds is 5. The lowest BCUT2D eigenvalue weighted by molar-refractivity contribution is -0.137. The van der Waals surface area contributed by atoms with Gasteiger partial charge in [-0.05, 0) is 48.4 Å². The second-order valence-electron chi connectivity index (χ2n) is 9.29. The van der Waals surface area contributed by atoms with E-state index >= 15 is 0 Å². The van der Waals surface area contributed by atoms with Crippen LogP contribution in [0.5, 0.6) is 0 Å². The van der Waals surface area contributed by atoms with Gasteiger partial charge in [-0.2, -0.15) is 18.2 Å². The molecule has 3 aromatic rings. The van der Waals surface area contributed by atoms with Crippen LogP contribution >= 0.6 is 0 Å². The molecule has 0 atom stereocenters. The lowest BCUT2D eigenvalue weighted by Gasteiger charge is -2.30. The fourth-order valence-electron chi connectivity index (χ4n) is 4.55. The summed E-state index contributed by atoms with van der Waals surface area (Å²) in [4.78, 5) is 32.1. The number of amides is 1. The van der Waals surface area contributed by atoms with E-state index in [-0.39, 0.29) is 11.7 Å². The van der Waals surface area contributed by atoms with Crippen LogP contribution in [0.4, 0.5) is 35.0 Å². The van der Waals surface area contributed by atoms with Gasteiger partial charge in [0, 0.05) is 30.1 Å². The molecular weight excluding hydrogens is 518 g/mol. The number of amidine groups is 1. The summed E-state index contributed by atoms with van der Waals surface area (Å²) in [5.74, 6) is 0.110. The first-order chi connectivity index (χ1) is 18.7. The SMILES string of the molecule is Cc1cc(F)c(NC(=O)c2cc(C(F)(F)F)ccn2)cc1C1=Cc2cnc(NC3COC3)nc2N2CCN=C12. The van der Waals surface area contributed by atoms with Crippen molar-refractivity contribution in [2.75, 3.05) is 41.8 Å². The van der Waals surface area contributed by atoms with E-state index in [9.17, 15) is 22.4 Å². The Bertz CT molecular complexity index is 1550. The zero-order valence-corrected chi connectivity index (χ0v) is 20.5. The van der Waals surface area contributed by atoms with Crippen LogP contribution in [0.2, 0.25) is 0 Å². The van der Waals surface area contributed by atoms with E-state index in [0.29, 0.717) is 66.7 Å². The Morgan fingerprint density at radius 3 is 2.74 bits per heavy atom. The molecule has 0 aliphatic carbocycles. The Hall–Kier alpha value is -4.39. The first-order valence-corrected chi connectivity index (χ1v) is 12.1. The summed E-state index contributed by atoms with van der Waals surface area (Å²) in [5, 5.41) is 5.59. The monoisotopic (exact) mass is 539 g/mol. The minimum Gasteiger partial charge on any atom is -0.377 e. The molecular formula is C26H21F4N7O2. The quantitative estimate of drug-likeness (QED) is 0.469. The molecule has 1 fully saturated rings. The molecule has 0 radical (unpaired) electrons. The predicted molar refractivity (Wildman–Crippen MR) is 136 cm³/mol. The van der Waals surface area contributed by atoms with Crippen molar-refractivity contribution in [1.82, 2.24) is 15.0 Å². The zero-order chi connectivity index (χ0) is 27.3. The van der Waals surface area contributed by atoms with Gasteiger partial charge in [-0.3, -0.25) is 14.8 Å². The van der Waals surface area contributed by atoms with Crippen LogP contribution in [0, 0.1) is 12.7 Å². The average molecular weight is 539 g/mol. The van der Waals surface area contributed by atoms with Gasteiger partial charge in [-0.1, -0.05) is 0 Å². The second-order valence-corrected chi connectivity index (χ2v) is 9.29. The molecule has 0 unspecified atom stereocenters. The molecule has 3 aliphatic rings. The van der Waals surface area contributed by atoms with Crippen molar-refractivity contribution in [2.24, 2.45) is 4.99 Å². The second kappa shape index (κ2) is 9.42. The number of hydrogen-bond donors (Lipinski definition) is 2. The maximum absolute atomic E-state index is 14.9. The first-order valence-electron chi connectivity index (χ1n) is 12.1. The smallest absolute Gasteiger partial charge is 0.377 e. The van der Waals surface area contributed by atoms with E-state index in [2.05, 4.69) is 30.6 Å². The number of aryl methyl sites for hydroxylation is 1. The molecule has 9 nitrogen and oxygen atoms in total. The van der Waals surface area contributed by atoms with E-state index in [1.807, 2.05) is 11.0 Å². The molecule has 13 heteroatoms. The number of anilines is 3.